The summed E-state index contributed by atoms with van der Waals surface area (Å²) in [4.78, 5) is 55.8. The second-order valence-electron chi connectivity index (χ2n) is 4.81. The highest BCUT2D eigenvalue weighted by Crippen LogP contribution is 2.16. The molecule has 0 aliphatic heterocycles. The third-order valence-electron chi connectivity index (χ3n) is 2.60. The molecule has 0 saturated carbocycles. The van der Waals surface area contributed by atoms with E-state index in [2.05, 4.69) is 0 Å². The third-order valence-corrected chi connectivity index (χ3v) is 2.60. The Morgan fingerprint density at radius 2 is 1.29 bits per heavy atom. The number of aldehydes is 1. The molecule has 4 atom stereocenters. The van der Waals surface area contributed by atoms with E-state index >= 15 is 0 Å². The Balaban J connectivity index is 5.67. The summed E-state index contributed by atoms with van der Waals surface area (Å²) in [5.74, 6) is -3.07. The Hall–Kier alpha value is -2.49. The van der Waals surface area contributed by atoms with Gasteiger partial charge in [0.2, 0.25) is 0 Å². The van der Waals surface area contributed by atoms with Gasteiger partial charge in [-0.2, -0.15) is 0 Å². The summed E-state index contributed by atoms with van der Waals surface area (Å²) in [7, 11) is 0. The largest absolute Gasteiger partial charge is 0.462 e. The standard InChI is InChI=1S/C14H21NO9/c1-7(17)21-6-12(22-8(2)18)14(24-10(4)20)13(11(15)5-16)23-9(3)19/h5,11-14H,6,15H2,1-4H3/t11-,12-,13-,14-/m1/s1. The van der Waals surface area contributed by atoms with Crippen LogP contribution in [0.3, 0.4) is 0 Å². The van der Waals surface area contributed by atoms with Crippen molar-refractivity contribution in [2.24, 2.45) is 5.73 Å². The van der Waals surface area contributed by atoms with Crippen LogP contribution in [0, 0.1) is 0 Å². The van der Waals surface area contributed by atoms with Gasteiger partial charge in [-0.05, 0) is 0 Å². The number of esters is 4. The quantitative estimate of drug-likeness (QED) is 0.308. The van der Waals surface area contributed by atoms with Crippen molar-refractivity contribution in [3.63, 3.8) is 0 Å². The molecule has 0 saturated heterocycles. The van der Waals surface area contributed by atoms with Crippen LogP contribution in [-0.2, 0) is 42.9 Å². The van der Waals surface area contributed by atoms with Crippen LogP contribution in [0.4, 0.5) is 0 Å². The maximum Gasteiger partial charge on any atom is 0.303 e. The molecular weight excluding hydrogens is 326 g/mol. The average molecular weight is 347 g/mol. The minimum Gasteiger partial charge on any atom is -0.462 e. The molecule has 0 amide bonds. The number of hydrogen-bond acceptors (Lipinski definition) is 10. The van der Waals surface area contributed by atoms with Crippen molar-refractivity contribution in [3.8, 4) is 0 Å². The molecule has 0 aromatic heterocycles. The van der Waals surface area contributed by atoms with Gasteiger partial charge in [0.25, 0.3) is 0 Å². The van der Waals surface area contributed by atoms with Crippen molar-refractivity contribution in [3.05, 3.63) is 0 Å². The molecule has 0 rings (SSSR count). The van der Waals surface area contributed by atoms with Gasteiger partial charge in [-0.25, -0.2) is 0 Å². The van der Waals surface area contributed by atoms with E-state index in [4.69, 9.17) is 24.7 Å². The highest BCUT2D eigenvalue weighted by atomic mass is 16.6. The minimum atomic E-state index is -1.45. The van der Waals surface area contributed by atoms with Crippen LogP contribution >= 0.6 is 0 Å². The summed E-state index contributed by atoms with van der Waals surface area (Å²) in [6, 6.07) is -1.37. The molecule has 0 unspecified atom stereocenters. The van der Waals surface area contributed by atoms with Crippen LogP contribution in [0.2, 0.25) is 0 Å². The lowest BCUT2D eigenvalue weighted by molar-refractivity contribution is -0.190. The molecule has 24 heavy (non-hydrogen) atoms. The molecule has 10 nitrogen and oxygen atoms in total. The molecule has 0 spiro atoms. The van der Waals surface area contributed by atoms with Gasteiger partial charge < -0.3 is 29.5 Å². The van der Waals surface area contributed by atoms with E-state index in [1.807, 2.05) is 0 Å². The molecule has 2 N–H and O–H groups in total. The maximum atomic E-state index is 11.3. The summed E-state index contributed by atoms with van der Waals surface area (Å²) in [5.41, 5.74) is 5.58. The van der Waals surface area contributed by atoms with E-state index in [0.717, 1.165) is 27.7 Å². The Morgan fingerprint density at radius 3 is 1.67 bits per heavy atom. The van der Waals surface area contributed by atoms with Crippen LogP contribution < -0.4 is 5.73 Å². The van der Waals surface area contributed by atoms with Crippen molar-refractivity contribution in [1.29, 1.82) is 0 Å². The summed E-state index contributed by atoms with van der Waals surface area (Å²) in [6.45, 7) is 3.82. The lowest BCUT2D eigenvalue weighted by Gasteiger charge is -2.32. The number of carbonyl (C=O) groups excluding carboxylic acids is 5. The second kappa shape index (κ2) is 10.3. The maximum absolute atomic E-state index is 11.3. The van der Waals surface area contributed by atoms with Crippen LogP contribution in [0.15, 0.2) is 0 Å². The summed E-state index contributed by atoms with van der Waals surface area (Å²) < 4.78 is 19.7. The van der Waals surface area contributed by atoms with Gasteiger partial charge in [-0.15, -0.1) is 0 Å². The van der Waals surface area contributed by atoms with Crippen LogP contribution in [0.5, 0.6) is 0 Å². The van der Waals surface area contributed by atoms with Gasteiger partial charge >= 0.3 is 23.9 Å². The molecule has 136 valence electrons. The summed E-state index contributed by atoms with van der Waals surface area (Å²) in [5, 5.41) is 0. The van der Waals surface area contributed by atoms with E-state index in [9.17, 15) is 24.0 Å². The molecule has 0 heterocycles. The zero-order chi connectivity index (χ0) is 18.9. The highest BCUT2D eigenvalue weighted by molar-refractivity contribution is 5.69. The molecule has 0 aliphatic rings. The smallest absolute Gasteiger partial charge is 0.303 e. The highest BCUT2D eigenvalue weighted by Gasteiger charge is 2.41. The number of carbonyl (C=O) groups is 5. The van der Waals surface area contributed by atoms with E-state index < -0.39 is 54.8 Å². The molecule has 0 aromatic carbocycles. The Labute approximate surface area is 138 Å². The Kier molecular flexibility index (Phi) is 9.25. The van der Waals surface area contributed by atoms with Crippen molar-refractivity contribution in [2.75, 3.05) is 6.61 Å². The molecule has 0 aliphatic carbocycles. The average Bonchev–Trinajstić information content (AvgIpc) is 2.45. The van der Waals surface area contributed by atoms with Gasteiger partial charge in [-0.1, -0.05) is 0 Å². The molecule has 10 heteroatoms. The van der Waals surface area contributed by atoms with Crippen molar-refractivity contribution < 1.29 is 42.9 Å². The van der Waals surface area contributed by atoms with Crippen LogP contribution in [0.25, 0.3) is 0 Å². The predicted molar refractivity (Wildman–Crippen MR) is 77.3 cm³/mol. The SMILES string of the molecule is CC(=O)OC[C@@H](OC(C)=O)[C@@H](OC(C)=O)[C@H](OC(C)=O)[C@H](N)C=O. The van der Waals surface area contributed by atoms with E-state index in [1.54, 1.807) is 0 Å². The van der Waals surface area contributed by atoms with Crippen molar-refractivity contribution >= 4 is 30.2 Å². The monoisotopic (exact) mass is 347 g/mol. The molecule has 0 bridgehead atoms. The molecule has 0 aromatic rings. The summed E-state index contributed by atoms with van der Waals surface area (Å²) in [6.07, 6.45) is -3.94. The molecule has 0 fully saturated rings. The third kappa shape index (κ3) is 8.22. The fourth-order valence-electron chi connectivity index (χ4n) is 1.79. The first-order valence-electron chi connectivity index (χ1n) is 6.94. The lowest BCUT2D eigenvalue weighted by atomic mass is 10.0. The van der Waals surface area contributed by atoms with E-state index in [-0.39, 0.29) is 6.29 Å². The first-order valence-corrected chi connectivity index (χ1v) is 6.94. The Bertz CT molecular complexity index is 491. The van der Waals surface area contributed by atoms with Gasteiger partial charge in [0.15, 0.2) is 18.3 Å². The number of nitrogens with two attached hydrogens (primary N) is 1. The zero-order valence-electron chi connectivity index (χ0n) is 13.8. The number of hydrogen-bond donors (Lipinski definition) is 1. The Morgan fingerprint density at radius 1 is 0.833 bits per heavy atom. The zero-order valence-corrected chi connectivity index (χ0v) is 13.8. The predicted octanol–water partition coefficient (Wildman–Crippen LogP) is -1.13. The van der Waals surface area contributed by atoms with Gasteiger partial charge in [0, 0.05) is 27.7 Å². The van der Waals surface area contributed by atoms with Crippen molar-refractivity contribution in [2.45, 2.75) is 52.0 Å². The normalized spacial score (nSPS) is 15.2. The van der Waals surface area contributed by atoms with Gasteiger partial charge in [-0.3, -0.25) is 19.2 Å². The topological polar surface area (TPSA) is 148 Å². The second-order valence-corrected chi connectivity index (χ2v) is 4.81. The first kappa shape index (κ1) is 21.5. The van der Waals surface area contributed by atoms with Crippen molar-refractivity contribution in [1.82, 2.24) is 0 Å². The van der Waals surface area contributed by atoms with Gasteiger partial charge in [0.05, 0.1) is 0 Å². The number of ether oxygens (including phenoxy) is 4. The fourth-order valence-corrected chi connectivity index (χ4v) is 1.79. The van der Waals surface area contributed by atoms with E-state index in [0.29, 0.717) is 0 Å². The number of rotatable bonds is 9. The lowest BCUT2D eigenvalue weighted by Crippen LogP contribution is -2.55. The summed E-state index contributed by atoms with van der Waals surface area (Å²) >= 11 is 0. The fraction of sp³-hybridized carbons (Fsp3) is 0.643. The minimum absolute atomic E-state index is 0.279. The first-order chi connectivity index (χ1) is 11.1. The van der Waals surface area contributed by atoms with Gasteiger partial charge in [0.1, 0.15) is 18.9 Å². The molecule has 0 radical (unpaired) electrons. The van der Waals surface area contributed by atoms with E-state index in [1.165, 1.54) is 0 Å². The van der Waals surface area contributed by atoms with Crippen LogP contribution in [0.1, 0.15) is 27.7 Å². The molecular formula is C14H21NO9. The van der Waals surface area contributed by atoms with Crippen LogP contribution in [-0.4, -0.2) is 61.1 Å².